The summed E-state index contributed by atoms with van der Waals surface area (Å²) >= 11 is 0. The van der Waals surface area contributed by atoms with Gasteiger partial charge in [-0.3, -0.25) is 9.05 Å². The molecule has 0 saturated heterocycles. The molecule has 0 aromatic heterocycles. The number of hydrogen-bond donors (Lipinski definition) is 1. The quantitative estimate of drug-likeness (QED) is 0.0790. The molecule has 0 heterocycles. The summed E-state index contributed by atoms with van der Waals surface area (Å²) in [6, 6.07) is 0. The first-order valence-corrected chi connectivity index (χ1v) is 15.3. The van der Waals surface area contributed by atoms with Crippen LogP contribution in [-0.4, -0.2) is 76.2 Å². The third kappa shape index (κ3) is 25.1. The number of quaternary nitrogens is 1. The van der Waals surface area contributed by atoms with E-state index in [1.54, 1.807) is 0 Å². The average molecular weight is 511 g/mol. The molecule has 0 aliphatic rings. The van der Waals surface area contributed by atoms with Gasteiger partial charge in [0.15, 0.2) is 0 Å². The standard InChI is InChI=1S/C26H56NO6P/c1-6-8-10-12-14-16-18-21-30-24-26(25-31-22-19-17-15-13-11-9-7-2)33-34(28,29)32-23-20-27(3,4)5/h26H,6-25H2,1-5H3/p+1. The number of unbranched alkanes of at least 4 members (excludes halogenated alkanes) is 12. The van der Waals surface area contributed by atoms with Crippen LogP contribution in [0.3, 0.4) is 0 Å². The first-order valence-electron chi connectivity index (χ1n) is 13.8. The molecule has 0 spiro atoms. The SMILES string of the molecule is CCCCCCCCCOCC(COCCCCCCCCC)OP(=O)(O)OCC[N+](C)(C)C. The molecular formula is C26H57NO6P+. The number of likely N-dealkylation sites (N-methyl/N-ethyl adjacent to an activating group) is 1. The smallest absolute Gasteiger partial charge is 0.379 e. The second-order valence-corrected chi connectivity index (χ2v) is 11.8. The maximum atomic E-state index is 12.4. The molecule has 8 heteroatoms. The maximum Gasteiger partial charge on any atom is 0.472 e. The van der Waals surface area contributed by atoms with Gasteiger partial charge < -0.3 is 18.9 Å². The van der Waals surface area contributed by atoms with Gasteiger partial charge in [-0.05, 0) is 12.8 Å². The normalized spacial score (nSPS) is 14.1. The minimum atomic E-state index is -4.16. The Morgan fingerprint density at radius 2 is 1.09 bits per heavy atom. The summed E-state index contributed by atoms with van der Waals surface area (Å²) in [5.74, 6) is 0. The number of phosphoric ester groups is 1. The third-order valence-electron chi connectivity index (χ3n) is 5.69. The Hall–Kier alpha value is -0.0100. The number of ether oxygens (including phenoxy) is 2. The summed E-state index contributed by atoms with van der Waals surface area (Å²) in [5.41, 5.74) is 0. The molecule has 0 aromatic carbocycles. The second-order valence-electron chi connectivity index (χ2n) is 10.4. The van der Waals surface area contributed by atoms with Gasteiger partial charge in [0.1, 0.15) is 19.3 Å². The summed E-state index contributed by atoms with van der Waals surface area (Å²) in [6.45, 7) is 6.94. The Balaban J connectivity index is 4.26. The van der Waals surface area contributed by atoms with Gasteiger partial charge in [0.2, 0.25) is 0 Å². The first kappa shape index (κ1) is 34.0. The van der Waals surface area contributed by atoms with Crippen LogP contribution in [0.5, 0.6) is 0 Å². The van der Waals surface area contributed by atoms with Gasteiger partial charge in [-0.2, -0.15) is 0 Å². The Labute approximate surface area is 211 Å². The topological polar surface area (TPSA) is 74.2 Å². The zero-order valence-electron chi connectivity index (χ0n) is 23.1. The Morgan fingerprint density at radius 3 is 1.50 bits per heavy atom. The van der Waals surface area contributed by atoms with E-state index in [0.717, 1.165) is 25.7 Å². The molecule has 0 saturated carbocycles. The molecule has 0 aliphatic heterocycles. The fraction of sp³-hybridized carbons (Fsp3) is 1.00. The maximum absolute atomic E-state index is 12.4. The van der Waals surface area contributed by atoms with E-state index in [9.17, 15) is 9.46 Å². The molecule has 34 heavy (non-hydrogen) atoms. The highest BCUT2D eigenvalue weighted by Gasteiger charge is 2.28. The summed E-state index contributed by atoms with van der Waals surface area (Å²) < 4.78 is 35.2. The van der Waals surface area contributed by atoms with Crippen LogP contribution < -0.4 is 0 Å². The van der Waals surface area contributed by atoms with Crippen LogP contribution in [-0.2, 0) is 23.1 Å². The van der Waals surface area contributed by atoms with Crippen molar-refractivity contribution in [2.75, 3.05) is 60.7 Å². The van der Waals surface area contributed by atoms with E-state index >= 15 is 0 Å². The highest BCUT2D eigenvalue weighted by Crippen LogP contribution is 2.44. The van der Waals surface area contributed by atoms with Gasteiger partial charge >= 0.3 is 7.82 Å². The Kier molecular flexibility index (Phi) is 22.2. The third-order valence-corrected chi connectivity index (χ3v) is 6.76. The summed E-state index contributed by atoms with van der Waals surface area (Å²) in [4.78, 5) is 10.2. The predicted octanol–water partition coefficient (Wildman–Crippen LogP) is 6.73. The molecular weight excluding hydrogens is 453 g/mol. The van der Waals surface area contributed by atoms with Crippen LogP contribution >= 0.6 is 7.82 Å². The van der Waals surface area contributed by atoms with E-state index in [0.29, 0.717) is 24.2 Å². The molecule has 1 atom stereocenters. The monoisotopic (exact) mass is 510 g/mol. The average Bonchev–Trinajstić information content (AvgIpc) is 2.75. The highest BCUT2D eigenvalue weighted by molar-refractivity contribution is 7.47. The fourth-order valence-electron chi connectivity index (χ4n) is 3.51. The van der Waals surface area contributed by atoms with E-state index in [1.165, 1.54) is 64.2 Å². The lowest BCUT2D eigenvalue weighted by Gasteiger charge is -2.25. The fourth-order valence-corrected chi connectivity index (χ4v) is 4.38. The van der Waals surface area contributed by atoms with Gasteiger partial charge in [0.25, 0.3) is 0 Å². The van der Waals surface area contributed by atoms with Crippen molar-refractivity contribution in [3.63, 3.8) is 0 Å². The highest BCUT2D eigenvalue weighted by atomic mass is 31.2. The number of rotatable bonds is 26. The molecule has 1 N–H and O–H groups in total. The van der Waals surface area contributed by atoms with E-state index in [1.807, 2.05) is 21.1 Å². The number of phosphoric acid groups is 1. The molecule has 0 fully saturated rings. The van der Waals surface area contributed by atoms with Crippen molar-refractivity contribution in [1.29, 1.82) is 0 Å². The molecule has 0 radical (unpaired) electrons. The van der Waals surface area contributed by atoms with Crippen molar-refractivity contribution in [2.45, 2.75) is 110 Å². The van der Waals surface area contributed by atoms with Gasteiger partial charge in [0, 0.05) is 13.2 Å². The van der Waals surface area contributed by atoms with Crippen molar-refractivity contribution >= 4 is 7.82 Å². The first-order chi connectivity index (χ1) is 16.2. The van der Waals surface area contributed by atoms with Gasteiger partial charge in [-0.25, -0.2) is 4.57 Å². The molecule has 7 nitrogen and oxygen atoms in total. The van der Waals surface area contributed by atoms with Crippen LogP contribution in [0.4, 0.5) is 0 Å². The van der Waals surface area contributed by atoms with E-state index < -0.39 is 13.9 Å². The number of nitrogens with zero attached hydrogens (tertiary/aromatic N) is 1. The van der Waals surface area contributed by atoms with Crippen LogP contribution in [0.25, 0.3) is 0 Å². The van der Waals surface area contributed by atoms with E-state index in [2.05, 4.69) is 13.8 Å². The summed E-state index contributed by atoms with van der Waals surface area (Å²) in [5, 5.41) is 0. The van der Waals surface area contributed by atoms with Crippen molar-refractivity contribution < 1.29 is 32.5 Å². The predicted molar refractivity (Wildman–Crippen MR) is 141 cm³/mol. The van der Waals surface area contributed by atoms with Crippen molar-refractivity contribution in [2.24, 2.45) is 0 Å². The lowest BCUT2D eigenvalue weighted by Crippen LogP contribution is -2.37. The Morgan fingerprint density at radius 1 is 0.676 bits per heavy atom. The lowest BCUT2D eigenvalue weighted by atomic mass is 10.1. The second kappa shape index (κ2) is 22.2. The van der Waals surface area contributed by atoms with Gasteiger partial charge in [-0.1, -0.05) is 90.9 Å². The molecule has 0 aliphatic carbocycles. The number of hydrogen-bond acceptors (Lipinski definition) is 5. The van der Waals surface area contributed by atoms with E-state index in [4.69, 9.17) is 18.5 Å². The van der Waals surface area contributed by atoms with Gasteiger partial charge in [0.05, 0.1) is 34.4 Å². The zero-order valence-corrected chi connectivity index (χ0v) is 24.0. The van der Waals surface area contributed by atoms with Crippen LogP contribution in [0.1, 0.15) is 104 Å². The minimum Gasteiger partial charge on any atom is -0.379 e. The van der Waals surface area contributed by atoms with Crippen molar-refractivity contribution in [3.05, 3.63) is 0 Å². The zero-order chi connectivity index (χ0) is 25.5. The minimum absolute atomic E-state index is 0.155. The molecule has 0 amide bonds. The largest absolute Gasteiger partial charge is 0.472 e. The lowest BCUT2D eigenvalue weighted by molar-refractivity contribution is -0.870. The molecule has 206 valence electrons. The molecule has 0 rings (SSSR count). The van der Waals surface area contributed by atoms with Crippen molar-refractivity contribution in [3.8, 4) is 0 Å². The van der Waals surface area contributed by atoms with E-state index in [-0.39, 0.29) is 19.8 Å². The Bertz CT molecular complexity index is 464. The summed E-state index contributed by atoms with van der Waals surface area (Å²) in [7, 11) is 1.85. The molecule has 1 unspecified atom stereocenters. The van der Waals surface area contributed by atoms with Gasteiger partial charge in [-0.15, -0.1) is 0 Å². The van der Waals surface area contributed by atoms with Crippen LogP contribution in [0.15, 0.2) is 0 Å². The summed E-state index contributed by atoms with van der Waals surface area (Å²) in [6.07, 6.45) is 16.5. The van der Waals surface area contributed by atoms with Crippen LogP contribution in [0, 0.1) is 0 Å². The van der Waals surface area contributed by atoms with Crippen LogP contribution in [0.2, 0.25) is 0 Å². The molecule has 0 bridgehead atoms. The molecule has 0 aromatic rings. The van der Waals surface area contributed by atoms with Crippen molar-refractivity contribution in [1.82, 2.24) is 0 Å².